The quantitative estimate of drug-likeness (QED) is 0.725. The van der Waals surface area contributed by atoms with Crippen LogP contribution in [0.1, 0.15) is 40.0 Å². The molecule has 3 N–H and O–H groups in total. The summed E-state index contributed by atoms with van der Waals surface area (Å²) < 4.78 is 0. The molecular weight excluding hydrogens is 270 g/mol. The molecule has 1 unspecified atom stereocenters. The van der Waals surface area contributed by atoms with Gasteiger partial charge in [-0.3, -0.25) is 14.5 Å². The Hall–Kier alpha value is -1.14. The van der Waals surface area contributed by atoms with E-state index in [9.17, 15) is 9.59 Å². The molecule has 0 aromatic rings. The van der Waals surface area contributed by atoms with E-state index in [1.165, 1.54) is 0 Å². The molecule has 1 heterocycles. The van der Waals surface area contributed by atoms with Gasteiger partial charge in [0.15, 0.2) is 0 Å². The van der Waals surface area contributed by atoms with Crippen molar-refractivity contribution in [3.63, 3.8) is 0 Å². The van der Waals surface area contributed by atoms with Crippen molar-refractivity contribution in [1.29, 1.82) is 0 Å². The molecule has 21 heavy (non-hydrogen) atoms. The minimum Gasteiger partial charge on any atom is -0.480 e. The summed E-state index contributed by atoms with van der Waals surface area (Å²) in [5, 5.41) is 9.00. The first-order valence-electron chi connectivity index (χ1n) is 7.71. The van der Waals surface area contributed by atoms with Gasteiger partial charge in [-0.2, -0.15) is 0 Å². The van der Waals surface area contributed by atoms with Crippen LogP contribution in [0.15, 0.2) is 0 Å². The number of carbonyl (C=O) groups is 2. The highest BCUT2D eigenvalue weighted by molar-refractivity contribution is 5.76. The molecule has 0 aromatic carbocycles. The molecule has 1 aliphatic heterocycles. The zero-order valence-electron chi connectivity index (χ0n) is 13.5. The van der Waals surface area contributed by atoms with Gasteiger partial charge in [0, 0.05) is 32.6 Å². The summed E-state index contributed by atoms with van der Waals surface area (Å²) in [6.07, 6.45) is 2.31. The zero-order valence-corrected chi connectivity index (χ0v) is 13.5. The van der Waals surface area contributed by atoms with Crippen LogP contribution in [0.2, 0.25) is 0 Å². The van der Waals surface area contributed by atoms with Crippen LogP contribution in [0.4, 0.5) is 0 Å². The molecule has 0 saturated carbocycles. The van der Waals surface area contributed by atoms with E-state index in [-0.39, 0.29) is 11.3 Å². The predicted octanol–water partition coefficient (Wildman–Crippen LogP) is 0.759. The van der Waals surface area contributed by atoms with Gasteiger partial charge in [-0.1, -0.05) is 13.8 Å². The first kappa shape index (κ1) is 17.9. The molecule has 1 fully saturated rings. The first-order valence-corrected chi connectivity index (χ1v) is 7.71. The normalized spacial score (nSPS) is 18.6. The average Bonchev–Trinajstić information content (AvgIpc) is 2.44. The Labute approximate surface area is 127 Å². The molecule has 1 saturated heterocycles. The van der Waals surface area contributed by atoms with E-state index in [0.717, 1.165) is 12.8 Å². The van der Waals surface area contributed by atoms with Gasteiger partial charge in [0.05, 0.1) is 0 Å². The Balaban J connectivity index is 2.37. The molecule has 1 aliphatic rings. The van der Waals surface area contributed by atoms with E-state index in [1.54, 1.807) is 6.92 Å². The summed E-state index contributed by atoms with van der Waals surface area (Å²) in [6.45, 7) is 9.11. The minimum atomic E-state index is -0.807. The molecular formula is C15H29N3O3. The van der Waals surface area contributed by atoms with Crippen molar-refractivity contribution < 1.29 is 14.7 Å². The number of aliphatic carboxylic acids is 1. The van der Waals surface area contributed by atoms with Crippen LogP contribution in [0.5, 0.6) is 0 Å². The highest BCUT2D eigenvalue weighted by Gasteiger charge is 2.27. The summed E-state index contributed by atoms with van der Waals surface area (Å²) in [5.74, 6) is -0.638. The number of piperazine rings is 1. The summed E-state index contributed by atoms with van der Waals surface area (Å²) in [4.78, 5) is 26.9. The Morgan fingerprint density at radius 3 is 2.24 bits per heavy atom. The summed E-state index contributed by atoms with van der Waals surface area (Å²) in [7, 11) is 0. The smallest absolute Gasteiger partial charge is 0.320 e. The molecule has 0 radical (unpaired) electrons. The first-order chi connectivity index (χ1) is 9.76. The Morgan fingerprint density at radius 1 is 1.19 bits per heavy atom. The fourth-order valence-corrected chi connectivity index (χ4v) is 2.63. The molecule has 0 aliphatic carbocycles. The highest BCUT2D eigenvalue weighted by Crippen LogP contribution is 2.26. The Bertz CT molecular complexity index is 363. The average molecular weight is 299 g/mol. The van der Waals surface area contributed by atoms with E-state index in [1.807, 2.05) is 9.80 Å². The third kappa shape index (κ3) is 5.63. The SMILES string of the molecule is CC(C(=O)O)N1CCN(C(=O)CCC(C)(C)CCN)CC1. The van der Waals surface area contributed by atoms with Crippen LogP contribution < -0.4 is 5.73 Å². The van der Waals surface area contributed by atoms with Gasteiger partial charge in [-0.25, -0.2) is 0 Å². The number of amides is 1. The van der Waals surface area contributed by atoms with Crippen molar-refractivity contribution in [2.45, 2.75) is 46.1 Å². The van der Waals surface area contributed by atoms with Crippen molar-refractivity contribution in [1.82, 2.24) is 9.80 Å². The molecule has 0 spiro atoms. The van der Waals surface area contributed by atoms with Crippen LogP contribution in [0, 0.1) is 5.41 Å². The number of hydrogen-bond donors (Lipinski definition) is 2. The second-order valence-corrected chi connectivity index (χ2v) is 6.63. The van der Waals surface area contributed by atoms with Crippen molar-refractivity contribution >= 4 is 11.9 Å². The molecule has 6 nitrogen and oxygen atoms in total. The van der Waals surface area contributed by atoms with Crippen LogP contribution in [-0.2, 0) is 9.59 Å². The largest absolute Gasteiger partial charge is 0.480 e. The number of nitrogens with zero attached hydrogens (tertiary/aromatic N) is 2. The van der Waals surface area contributed by atoms with E-state index < -0.39 is 12.0 Å². The van der Waals surface area contributed by atoms with E-state index >= 15 is 0 Å². The van der Waals surface area contributed by atoms with Gasteiger partial charge in [-0.05, 0) is 31.7 Å². The molecule has 1 atom stereocenters. The number of carbonyl (C=O) groups excluding carboxylic acids is 1. The lowest BCUT2D eigenvalue weighted by molar-refractivity contribution is -0.144. The fourth-order valence-electron chi connectivity index (χ4n) is 2.63. The second kappa shape index (κ2) is 7.75. The molecule has 0 bridgehead atoms. The van der Waals surface area contributed by atoms with Crippen molar-refractivity contribution in [2.75, 3.05) is 32.7 Å². The lowest BCUT2D eigenvalue weighted by atomic mass is 9.84. The summed E-state index contributed by atoms with van der Waals surface area (Å²) in [5.41, 5.74) is 5.68. The van der Waals surface area contributed by atoms with Crippen molar-refractivity contribution in [3.05, 3.63) is 0 Å². The van der Waals surface area contributed by atoms with Crippen LogP contribution in [-0.4, -0.2) is 65.5 Å². The topological polar surface area (TPSA) is 86.9 Å². The third-order valence-electron chi connectivity index (χ3n) is 4.41. The molecule has 122 valence electrons. The van der Waals surface area contributed by atoms with Gasteiger partial charge in [0.2, 0.25) is 5.91 Å². The summed E-state index contributed by atoms with van der Waals surface area (Å²) >= 11 is 0. The van der Waals surface area contributed by atoms with Gasteiger partial charge < -0.3 is 15.7 Å². The molecule has 0 aromatic heterocycles. The third-order valence-corrected chi connectivity index (χ3v) is 4.41. The van der Waals surface area contributed by atoms with Gasteiger partial charge >= 0.3 is 5.97 Å². The zero-order chi connectivity index (χ0) is 16.0. The van der Waals surface area contributed by atoms with Gasteiger partial charge in [0.1, 0.15) is 6.04 Å². The highest BCUT2D eigenvalue weighted by atomic mass is 16.4. The van der Waals surface area contributed by atoms with Gasteiger partial charge in [-0.15, -0.1) is 0 Å². The molecule has 1 amide bonds. The van der Waals surface area contributed by atoms with Crippen LogP contribution in [0.3, 0.4) is 0 Å². The fraction of sp³-hybridized carbons (Fsp3) is 0.867. The maximum atomic E-state index is 12.2. The van der Waals surface area contributed by atoms with Crippen LogP contribution >= 0.6 is 0 Å². The van der Waals surface area contributed by atoms with E-state index in [4.69, 9.17) is 10.8 Å². The van der Waals surface area contributed by atoms with E-state index in [0.29, 0.717) is 39.1 Å². The van der Waals surface area contributed by atoms with Crippen molar-refractivity contribution in [3.8, 4) is 0 Å². The lowest BCUT2D eigenvalue weighted by Gasteiger charge is -2.37. The van der Waals surface area contributed by atoms with Gasteiger partial charge in [0.25, 0.3) is 0 Å². The lowest BCUT2D eigenvalue weighted by Crippen LogP contribution is -2.53. The monoisotopic (exact) mass is 299 g/mol. The van der Waals surface area contributed by atoms with Crippen molar-refractivity contribution in [2.24, 2.45) is 11.1 Å². The number of carboxylic acids is 1. The van der Waals surface area contributed by atoms with Crippen LogP contribution in [0.25, 0.3) is 0 Å². The Morgan fingerprint density at radius 2 is 1.76 bits per heavy atom. The maximum Gasteiger partial charge on any atom is 0.320 e. The Kier molecular flexibility index (Phi) is 6.61. The number of rotatable bonds is 7. The standard InChI is InChI=1S/C15H29N3O3/c1-12(14(20)21)17-8-10-18(11-9-17)13(19)4-5-15(2,3)6-7-16/h12H,4-11,16H2,1-3H3,(H,20,21). The minimum absolute atomic E-state index is 0.101. The second-order valence-electron chi connectivity index (χ2n) is 6.63. The summed E-state index contributed by atoms with van der Waals surface area (Å²) in [6, 6.07) is -0.481. The molecule has 6 heteroatoms. The predicted molar refractivity (Wildman–Crippen MR) is 81.9 cm³/mol. The van der Waals surface area contributed by atoms with E-state index in [2.05, 4.69) is 13.8 Å². The number of hydrogen-bond acceptors (Lipinski definition) is 4. The molecule has 1 rings (SSSR count). The number of nitrogens with two attached hydrogens (primary N) is 1. The maximum absolute atomic E-state index is 12.2. The number of carboxylic acid groups (broad SMARTS) is 1.